The minimum absolute atomic E-state index is 0.162. The molecule has 30 heavy (non-hydrogen) atoms. The molecule has 3 rings (SSSR count). The van der Waals surface area contributed by atoms with Crippen LogP contribution in [0.5, 0.6) is 5.75 Å². The van der Waals surface area contributed by atoms with Crippen LogP contribution in [0.1, 0.15) is 58.1 Å². The van der Waals surface area contributed by atoms with Crippen molar-refractivity contribution in [2.24, 2.45) is 22.7 Å². The van der Waals surface area contributed by atoms with E-state index in [0.29, 0.717) is 17.6 Å². The summed E-state index contributed by atoms with van der Waals surface area (Å²) in [5, 5.41) is 0. The van der Waals surface area contributed by atoms with Gasteiger partial charge in [-0.25, -0.2) is 0 Å². The third-order valence-corrected chi connectivity index (χ3v) is 5.80. The molecule has 0 radical (unpaired) electrons. The van der Waals surface area contributed by atoms with Gasteiger partial charge in [0, 0.05) is 12.1 Å². The zero-order valence-electron chi connectivity index (χ0n) is 18.6. The van der Waals surface area contributed by atoms with Gasteiger partial charge in [-0.3, -0.25) is 9.79 Å². The highest BCUT2D eigenvalue weighted by Gasteiger charge is 2.32. The molecule has 0 spiro atoms. The first-order valence-electron chi connectivity index (χ1n) is 11.1. The lowest BCUT2D eigenvalue weighted by Crippen LogP contribution is -2.30. The second-order valence-electron chi connectivity index (χ2n) is 8.56. The molecule has 0 N–H and O–H groups in total. The Bertz CT molecular complexity index is 891. The maximum absolute atomic E-state index is 12.9. The van der Waals surface area contributed by atoms with Gasteiger partial charge < -0.3 is 4.74 Å². The number of carbonyl (C=O) groups is 1. The monoisotopic (exact) mass is 403 g/mol. The Balaban J connectivity index is 1.68. The summed E-state index contributed by atoms with van der Waals surface area (Å²) in [7, 11) is 0. The summed E-state index contributed by atoms with van der Waals surface area (Å²) in [6.07, 6.45) is 7.03. The first-order valence-corrected chi connectivity index (χ1v) is 11.1. The summed E-state index contributed by atoms with van der Waals surface area (Å²) >= 11 is 0. The molecule has 3 nitrogen and oxygen atoms in total. The smallest absolute Gasteiger partial charge is 0.162 e. The van der Waals surface area contributed by atoms with Crippen LogP contribution in [0.15, 0.2) is 59.1 Å². The van der Waals surface area contributed by atoms with E-state index in [1.54, 1.807) is 0 Å². The van der Waals surface area contributed by atoms with E-state index in [4.69, 9.17) is 4.74 Å². The number of benzene rings is 2. The Labute approximate surface area is 180 Å². The summed E-state index contributed by atoms with van der Waals surface area (Å²) in [5.74, 6) is 2.11. The molecule has 2 atom stereocenters. The van der Waals surface area contributed by atoms with Crippen LogP contribution in [0.3, 0.4) is 0 Å². The molecule has 0 amide bonds. The van der Waals surface area contributed by atoms with Crippen LogP contribution < -0.4 is 4.74 Å². The molecule has 1 aliphatic carbocycles. The van der Waals surface area contributed by atoms with Crippen molar-refractivity contribution in [3.63, 3.8) is 0 Å². The van der Waals surface area contributed by atoms with Crippen LogP contribution in [-0.2, 0) is 4.79 Å². The highest BCUT2D eigenvalue weighted by molar-refractivity contribution is 6.02. The lowest BCUT2D eigenvalue weighted by Gasteiger charge is -2.30. The molecule has 0 heterocycles. The lowest BCUT2D eigenvalue weighted by molar-refractivity contribution is -0.122. The molecule has 2 unspecified atom stereocenters. The van der Waals surface area contributed by atoms with Crippen molar-refractivity contribution >= 4 is 23.8 Å². The van der Waals surface area contributed by atoms with E-state index in [1.165, 1.54) is 0 Å². The van der Waals surface area contributed by atoms with E-state index in [2.05, 4.69) is 38.8 Å². The standard InChI is InChI=1S/C27H33NO2/c1-5-16-30-24-13-9-22(10-14-24)18-28-23-11-7-21(8-12-23)17-26-20(4)6-15-25(19(2)3)27(26)29/h7-14,17-20,25H,5-6,15-16H2,1-4H3. The van der Waals surface area contributed by atoms with Crippen molar-refractivity contribution in [3.05, 3.63) is 65.2 Å². The second kappa shape index (κ2) is 10.4. The fraction of sp³-hybridized carbons (Fsp3) is 0.407. The lowest BCUT2D eigenvalue weighted by atomic mass is 9.73. The first-order chi connectivity index (χ1) is 14.5. The Morgan fingerprint density at radius 3 is 2.33 bits per heavy atom. The molecule has 1 fully saturated rings. The van der Waals surface area contributed by atoms with E-state index < -0.39 is 0 Å². The van der Waals surface area contributed by atoms with Gasteiger partial charge in [0.25, 0.3) is 0 Å². The number of allylic oxidation sites excluding steroid dienone is 1. The predicted molar refractivity (Wildman–Crippen MR) is 126 cm³/mol. The molecule has 3 heteroatoms. The summed E-state index contributed by atoms with van der Waals surface area (Å²) in [4.78, 5) is 17.5. The van der Waals surface area contributed by atoms with Crippen molar-refractivity contribution in [3.8, 4) is 5.75 Å². The highest BCUT2D eigenvalue weighted by atomic mass is 16.5. The minimum atomic E-state index is 0.162. The number of hydrogen-bond donors (Lipinski definition) is 0. The number of Topliss-reactive ketones (excluding diaryl/α,β-unsaturated/α-hetero) is 1. The fourth-order valence-electron chi connectivity index (χ4n) is 3.88. The van der Waals surface area contributed by atoms with Crippen molar-refractivity contribution < 1.29 is 9.53 Å². The Hall–Kier alpha value is -2.68. The Kier molecular flexibility index (Phi) is 7.62. The van der Waals surface area contributed by atoms with Crippen LogP contribution in [0.4, 0.5) is 5.69 Å². The number of nitrogens with zero attached hydrogens (tertiary/aromatic N) is 1. The summed E-state index contributed by atoms with van der Waals surface area (Å²) in [6, 6.07) is 16.0. The van der Waals surface area contributed by atoms with E-state index in [1.807, 2.05) is 54.7 Å². The average Bonchev–Trinajstić information content (AvgIpc) is 2.75. The maximum atomic E-state index is 12.9. The third kappa shape index (κ3) is 5.69. The largest absolute Gasteiger partial charge is 0.494 e. The van der Waals surface area contributed by atoms with E-state index in [-0.39, 0.29) is 5.92 Å². The fourth-order valence-corrected chi connectivity index (χ4v) is 3.88. The molecule has 0 saturated heterocycles. The normalized spacial score (nSPS) is 21.0. The molecule has 1 aliphatic rings. The Morgan fingerprint density at radius 1 is 1.03 bits per heavy atom. The summed E-state index contributed by atoms with van der Waals surface area (Å²) in [5.41, 5.74) is 3.96. The van der Waals surface area contributed by atoms with Gasteiger partial charge in [0.1, 0.15) is 5.75 Å². The number of aliphatic imine (C=N–C) groups is 1. The minimum Gasteiger partial charge on any atom is -0.494 e. The zero-order valence-corrected chi connectivity index (χ0v) is 18.6. The van der Waals surface area contributed by atoms with Gasteiger partial charge in [0.2, 0.25) is 0 Å². The van der Waals surface area contributed by atoms with Gasteiger partial charge >= 0.3 is 0 Å². The van der Waals surface area contributed by atoms with Gasteiger partial charge in [-0.15, -0.1) is 0 Å². The molecule has 158 valence electrons. The number of ether oxygens (including phenoxy) is 1. The van der Waals surface area contributed by atoms with E-state index in [9.17, 15) is 4.79 Å². The van der Waals surface area contributed by atoms with Crippen LogP contribution in [0, 0.1) is 17.8 Å². The van der Waals surface area contributed by atoms with Crippen molar-refractivity contribution in [2.45, 2.75) is 47.0 Å². The van der Waals surface area contributed by atoms with Crippen molar-refractivity contribution in [1.29, 1.82) is 0 Å². The molecule has 0 aromatic heterocycles. The van der Waals surface area contributed by atoms with Crippen molar-refractivity contribution in [1.82, 2.24) is 0 Å². The van der Waals surface area contributed by atoms with Gasteiger partial charge in [-0.1, -0.05) is 39.8 Å². The molecule has 0 aliphatic heterocycles. The first kappa shape index (κ1) is 22.0. The number of rotatable bonds is 7. The van der Waals surface area contributed by atoms with Gasteiger partial charge in [-0.05, 0) is 90.3 Å². The van der Waals surface area contributed by atoms with Gasteiger partial charge in [0.05, 0.1) is 12.3 Å². The molecule has 1 saturated carbocycles. The predicted octanol–water partition coefficient (Wildman–Crippen LogP) is 6.88. The van der Waals surface area contributed by atoms with E-state index >= 15 is 0 Å². The molecular formula is C27H33NO2. The van der Waals surface area contributed by atoms with E-state index in [0.717, 1.165) is 54.0 Å². The van der Waals surface area contributed by atoms with Crippen LogP contribution in [0.2, 0.25) is 0 Å². The summed E-state index contributed by atoms with van der Waals surface area (Å²) in [6.45, 7) is 9.29. The average molecular weight is 404 g/mol. The third-order valence-electron chi connectivity index (χ3n) is 5.80. The van der Waals surface area contributed by atoms with Crippen LogP contribution >= 0.6 is 0 Å². The quantitative estimate of drug-likeness (QED) is 0.373. The topological polar surface area (TPSA) is 38.7 Å². The molecular weight excluding hydrogens is 370 g/mol. The Morgan fingerprint density at radius 2 is 1.70 bits per heavy atom. The van der Waals surface area contributed by atoms with Gasteiger partial charge in [-0.2, -0.15) is 0 Å². The SMILES string of the molecule is CCCOc1ccc(C=Nc2ccc(C=C3C(=O)C(C(C)C)CCC3C)cc2)cc1. The van der Waals surface area contributed by atoms with Crippen LogP contribution in [-0.4, -0.2) is 18.6 Å². The second-order valence-corrected chi connectivity index (χ2v) is 8.56. The van der Waals surface area contributed by atoms with Gasteiger partial charge in [0.15, 0.2) is 5.78 Å². The zero-order chi connectivity index (χ0) is 21.5. The number of carbonyl (C=O) groups excluding carboxylic acids is 1. The summed E-state index contributed by atoms with van der Waals surface area (Å²) < 4.78 is 5.61. The highest BCUT2D eigenvalue weighted by Crippen LogP contribution is 2.35. The molecule has 2 aromatic rings. The molecule has 0 bridgehead atoms. The number of ketones is 1. The number of hydrogen-bond acceptors (Lipinski definition) is 3. The van der Waals surface area contributed by atoms with Crippen molar-refractivity contribution in [2.75, 3.05) is 6.61 Å². The molecule has 2 aromatic carbocycles. The maximum Gasteiger partial charge on any atom is 0.162 e. The van der Waals surface area contributed by atoms with Crippen LogP contribution in [0.25, 0.3) is 6.08 Å².